The maximum Gasteiger partial charge on any atom is 0.417 e. The number of aliphatic hydroxyl groups is 2. The predicted molar refractivity (Wildman–Crippen MR) is 242 cm³/mol. The van der Waals surface area contributed by atoms with Crippen LogP contribution in [0.2, 0.25) is 0 Å². The molecule has 0 spiro atoms. The molecular weight excluding hydrogens is 833 g/mol. The normalized spacial score (nSPS) is 24.8. The van der Waals surface area contributed by atoms with E-state index in [0.29, 0.717) is 65.6 Å². The maximum absolute atomic E-state index is 14.6. The van der Waals surface area contributed by atoms with Crippen molar-refractivity contribution in [1.29, 1.82) is 5.26 Å². The molecule has 2 aliphatic carbocycles. The minimum atomic E-state index is -1.50. The largest absolute Gasteiger partial charge is 0.497 e. The summed E-state index contributed by atoms with van der Waals surface area (Å²) in [5.41, 5.74) is 3.47. The fourth-order valence-corrected chi connectivity index (χ4v) is 9.88. The van der Waals surface area contributed by atoms with E-state index in [2.05, 4.69) is 24.0 Å². The number of carbonyl (C=O) groups excluding carboxylic acids is 2. The number of nitriles is 1. The summed E-state index contributed by atoms with van der Waals surface area (Å²) in [5, 5.41) is 37.1. The number of aliphatic hydroxyl groups excluding tert-OH is 2. The van der Waals surface area contributed by atoms with E-state index in [0.717, 1.165) is 49.7 Å². The van der Waals surface area contributed by atoms with Crippen LogP contribution in [0.5, 0.6) is 23.0 Å². The molecule has 1 saturated carbocycles. The Morgan fingerprint density at radius 3 is 2.46 bits per heavy atom. The number of ether oxygens (including phenoxy) is 6. The minimum absolute atomic E-state index is 0.0133. The Bertz CT molecular complexity index is 2250. The van der Waals surface area contributed by atoms with Gasteiger partial charge in [0.25, 0.3) is 5.91 Å². The Balaban J connectivity index is 1.38. The van der Waals surface area contributed by atoms with Gasteiger partial charge in [0.2, 0.25) is 12.1 Å². The second-order valence-corrected chi connectivity index (χ2v) is 16.9. The summed E-state index contributed by atoms with van der Waals surface area (Å²) in [6.45, 7) is 4.75. The SMILES string of the molecule is C=CCOC12Oc3ccc(OC(=O)Nc4ccc(OC)cc4OC)cc3C3C(CCCCO)C(CCCCO)C=C(C(=NOC4CCCCO4)CC1N(C)C(=O)c1ccc(C#N)cc1)C32. The lowest BCUT2D eigenvalue weighted by molar-refractivity contribution is -0.252. The molecule has 7 rings (SSSR count). The topological polar surface area (TPSA) is 191 Å². The van der Waals surface area contributed by atoms with Gasteiger partial charge >= 0.3 is 6.09 Å². The molecule has 2 aliphatic heterocycles. The monoisotopic (exact) mass is 892 g/mol. The number of carbonyl (C=O) groups is 2. The number of hydrogen-bond acceptors (Lipinski definition) is 13. The fraction of sp³-hybridized carbons (Fsp3) is 0.480. The molecule has 7 unspecified atom stereocenters. The van der Waals surface area contributed by atoms with E-state index in [1.54, 1.807) is 79.7 Å². The van der Waals surface area contributed by atoms with Gasteiger partial charge in [-0.05, 0) is 111 Å². The molecule has 7 atom stereocenters. The quantitative estimate of drug-likeness (QED) is 0.0596. The van der Waals surface area contributed by atoms with Crippen LogP contribution in [-0.2, 0) is 14.3 Å². The highest BCUT2D eigenvalue weighted by atomic mass is 16.8. The summed E-state index contributed by atoms with van der Waals surface area (Å²) in [6, 6.07) is 18.2. The number of likely N-dealkylation sites (N-methyl/N-ethyl adjacent to an activating group) is 1. The van der Waals surface area contributed by atoms with Crippen molar-refractivity contribution in [1.82, 2.24) is 4.90 Å². The van der Waals surface area contributed by atoms with Crippen molar-refractivity contribution in [3.05, 3.63) is 102 Å². The van der Waals surface area contributed by atoms with Crippen molar-refractivity contribution in [3.8, 4) is 29.1 Å². The first kappa shape index (κ1) is 47.1. The van der Waals surface area contributed by atoms with Crippen LogP contribution in [-0.4, -0.2) is 98.6 Å². The number of nitrogens with zero attached hydrogens (tertiary/aromatic N) is 3. The molecule has 15 heteroatoms. The van der Waals surface area contributed by atoms with E-state index >= 15 is 0 Å². The van der Waals surface area contributed by atoms with E-state index in [9.17, 15) is 25.1 Å². The van der Waals surface area contributed by atoms with Crippen molar-refractivity contribution in [3.63, 3.8) is 0 Å². The average molecular weight is 893 g/mol. The number of amides is 2. The standard InChI is InChI=1S/C50H60N4O11/c1-5-25-62-50-44(54(2)48(57)33-17-15-32(31-51)16-18-33)30-41(53-65-45-14-8-11-26-61-45)38-27-34(12-6-9-23-55)37(13-7-10-24-56)46(47(38)50)39-28-36(20-22-42(39)64-50)63-49(58)52-40-21-19-35(59-3)29-43(40)60-4/h5,15-22,27-29,34,37,44-47,55-56H,1,6-14,23-26,30H2,2-4H3,(H,52,58). The van der Waals surface area contributed by atoms with Crippen molar-refractivity contribution in [2.24, 2.45) is 22.9 Å². The predicted octanol–water partition coefficient (Wildman–Crippen LogP) is 8.12. The smallest absolute Gasteiger partial charge is 0.417 e. The van der Waals surface area contributed by atoms with Gasteiger partial charge in [0, 0.05) is 56.2 Å². The highest BCUT2D eigenvalue weighted by molar-refractivity contribution is 6.03. The molecule has 2 amide bonds. The lowest BCUT2D eigenvalue weighted by Crippen LogP contribution is -2.69. The molecule has 0 bridgehead atoms. The number of hydrogen-bond donors (Lipinski definition) is 3. The van der Waals surface area contributed by atoms with Gasteiger partial charge in [-0.25, -0.2) is 4.79 Å². The van der Waals surface area contributed by atoms with Gasteiger partial charge in [-0.15, -0.1) is 6.58 Å². The molecule has 0 radical (unpaired) electrons. The summed E-state index contributed by atoms with van der Waals surface area (Å²) < 4.78 is 37.0. The van der Waals surface area contributed by atoms with Crippen molar-refractivity contribution >= 4 is 23.4 Å². The van der Waals surface area contributed by atoms with Crippen LogP contribution in [0, 0.1) is 29.1 Å². The second-order valence-electron chi connectivity index (χ2n) is 16.9. The first-order valence-corrected chi connectivity index (χ1v) is 22.5. The third kappa shape index (κ3) is 10.3. The van der Waals surface area contributed by atoms with Gasteiger partial charge < -0.3 is 48.4 Å². The number of allylic oxidation sites excluding steroid dienone is 1. The first-order valence-electron chi connectivity index (χ1n) is 22.5. The van der Waals surface area contributed by atoms with Gasteiger partial charge in [-0.3, -0.25) is 10.1 Å². The van der Waals surface area contributed by atoms with Crippen LogP contribution in [0.15, 0.2) is 90.1 Å². The lowest BCUT2D eigenvalue weighted by atomic mass is 9.55. The average Bonchev–Trinajstić information content (AvgIpc) is 3.33. The number of oxime groups is 1. The molecule has 3 aromatic rings. The van der Waals surface area contributed by atoms with Crippen molar-refractivity contribution < 1.29 is 53.1 Å². The number of unbranched alkanes of at least 4 members (excludes halogenated alkanes) is 2. The highest BCUT2D eigenvalue weighted by Gasteiger charge is 2.65. The van der Waals surface area contributed by atoms with Crippen LogP contribution in [0.3, 0.4) is 0 Å². The molecule has 3 N–H and O–H groups in total. The highest BCUT2D eigenvalue weighted by Crippen LogP contribution is 2.62. The van der Waals surface area contributed by atoms with Crippen LogP contribution in [0.1, 0.15) is 91.6 Å². The summed E-state index contributed by atoms with van der Waals surface area (Å²) in [4.78, 5) is 36.0. The minimum Gasteiger partial charge on any atom is -0.497 e. The van der Waals surface area contributed by atoms with E-state index in [1.165, 1.54) is 7.11 Å². The summed E-state index contributed by atoms with van der Waals surface area (Å²) in [6.07, 6.45) is 9.61. The Hall–Kier alpha value is -5.92. The number of benzene rings is 3. The van der Waals surface area contributed by atoms with Crippen LogP contribution < -0.4 is 24.3 Å². The summed E-state index contributed by atoms with van der Waals surface area (Å²) >= 11 is 0. The van der Waals surface area contributed by atoms with Gasteiger partial charge in [0.1, 0.15) is 29.0 Å². The third-order valence-corrected chi connectivity index (χ3v) is 13.0. The molecule has 4 aliphatic rings. The number of anilines is 1. The number of rotatable bonds is 19. The molecule has 2 fully saturated rings. The van der Waals surface area contributed by atoms with Gasteiger partial charge in [-0.2, -0.15) is 5.26 Å². The van der Waals surface area contributed by atoms with Crippen LogP contribution in [0.25, 0.3) is 0 Å². The molecule has 3 aromatic carbocycles. The summed E-state index contributed by atoms with van der Waals surface area (Å²) in [7, 11) is 4.76. The maximum atomic E-state index is 14.6. The Labute approximate surface area is 380 Å². The van der Waals surface area contributed by atoms with Gasteiger partial charge in [0.15, 0.2) is 0 Å². The zero-order valence-electron chi connectivity index (χ0n) is 37.4. The zero-order chi connectivity index (χ0) is 45.9. The fourth-order valence-electron chi connectivity index (χ4n) is 9.88. The zero-order valence-corrected chi connectivity index (χ0v) is 37.4. The van der Waals surface area contributed by atoms with E-state index < -0.39 is 30.1 Å². The molecule has 15 nitrogen and oxygen atoms in total. The van der Waals surface area contributed by atoms with E-state index in [-0.39, 0.29) is 55.7 Å². The van der Waals surface area contributed by atoms with E-state index in [4.69, 9.17) is 38.4 Å². The number of fused-ring (bicyclic) bond motifs is 2. The second kappa shape index (κ2) is 21.8. The number of methoxy groups -OCH3 is 2. The molecule has 0 aromatic heterocycles. The lowest BCUT2D eigenvalue weighted by Gasteiger charge is -2.59. The molecule has 346 valence electrons. The van der Waals surface area contributed by atoms with Crippen molar-refractivity contribution in [2.45, 2.75) is 88.2 Å². The van der Waals surface area contributed by atoms with Crippen LogP contribution >= 0.6 is 0 Å². The molecule has 65 heavy (non-hydrogen) atoms. The van der Waals surface area contributed by atoms with Gasteiger partial charge in [-0.1, -0.05) is 30.1 Å². The molecule has 1 saturated heterocycles. The molecule has 2 heterocycles. The van der Waals surface area contributed by atoms with E-state index in [1.807, 2.05) is 6.07 Å². The third-order valence-electron chi connectivity index (χ3n) is 13.0. The van der Waals surface area contributed by atoms with Crippen LogP contribution in [0.4, 0.5) is 10.5 Å². The Morgan fingerprint density at radius 1 is 1.00 bits per heavy atom. The van der Waals surface area contributed by atoms with Gasteiger partial charge in [0.05, 0.1) is 56.4 Å². The Morgan fingerprint density at radius 2 is 1.77 bits per heavy atom. The summed E-state index contributed by atoms with van der Waals surface area (Å²) in [5.74, 6) is -1.09. The van der Waals surface area contributed by atoms with Crippen molar-refractivity contribution in [2.75, 3.05) is 53.0 Å². The number of nitrogens with one attached hydrogen (secondary N) is 1. The Kier molecular flexibility index (Phi) is 15.8. The molecular formula is C50H60N4O11. The first-order chi connectivity index (χ1) is 31.7.